The monoisotopic (exact) mass is 484 g/mol. The number of imidazole rings is 1. The lowest BCUT2D eigenvalue weighted by molar-refractivity contribution is 0.601. The van der Waals surface area contributed by atoms with Crippen molar-refractivity contribution in [2.24, 2.45) is 19.2 Å². The summed E-state index contributed by atoms with van der Waals surface area (Å²) in [6.07, 6.45) is 1.59. The Morgan fingerprint density at radius 3 is 2.52 bits per heavy atom. The molecule has 158 valence electrons. The van der Waals surface area contributed by atoms with Crippen LogP contribution in [0.1, 0.15) is 11.1 Å². The molecule has 0 spiro atoms. The van der Waals surface area contributed by atoms with Crippen LogP contribution in [-0.4, -0.2) is 24.9 Å². The number of hydrogen-bond donors (Lipinski definition) is 1. The molecule has 2 heterocycles. The van der Waals surface area contributed by atoms with Gasteiger partial charge in [0.2, 0.25) is 5.95 Å². The van der Waals surface area contributed by atoms with Crippen LogP contribution in [0.2, 0.25) is 0 Å². The zero-order valence-electron chi connectivity index (χ0n) is 16.7. The first-order valence-corrected chi connectivity index (χ1v) is 10.1. The lowest BCUT2D eigenvalue weighted by atomic mass is 10.2. The molecule has 0 radical (unpaired) electrons. The van der Waals surface area contributed by atoms with E-state index in [-0.39, 0.29) is 23.7 Å². The molecule has 2 aromatic carbocycles. The fourth-order valence-electron chi connectivity index (χ4n) is 3.20. The summed E-state index contributed by atoms with van der Waals surface area (Å²) in [6.45, 7) is 0.0345. The van der Waals surface area contributed by atoms with Gasteiger partial charge in [0.15, 0.2) is 11.2 Å². The number of nitrogens with one attached hydrogen (secondary N) is 1. The lowest BCUT2D eigenvalue weighted by Crippen LogP contribution is -2.37. The van der Waals surface area contributed by atoms with E-state index < -0.39 is 17.1 Å². The average molecular weight is 485 g/mol. The molecule has 31 heavy (non-hydrogen) atoms. The normalized spacial score (nSPS) is 11.5. The number of aryl methyl sites for hydroxylation is 1. The van der Waals surface area contributed by atoms with Gasteiger partial charge in [-0.15, -0.1) is 0 Å². The van der Waals surface area contributed by atoms with E-state index in [0.29, 0.717) is 5.56 Å². The van der Waals surface area contributed by atoms with E-state index in [4.69, 9.17) is 0 Å². The van der Waals surface area contributed by atoms with Gasteiger partial charge in [0, 0.05) is 24.1 Å². The zero-order valence-corrected chi connectivity index (χ0v) is 18.3. The second-order valence-corrected chi connectivity index (χ2v) is 7.83. The first-order valence-electron chi connectivity index (χ1n) is 9.31. The molecule has 0 atom stereocenters. The van der Waals surface area contributed by atoms with Crippen LogP contribution in [0.25, 0.3) is 11.2 Å². The van der Waals surface area contributed by atoms with E-state index in [1.807, 2.05) is 24.3 Å². The van der Waals surface area contributed by atoms with Gasteiger partial charge >= 0.3 is 5.69 Å². The highest BCUT2D eigenvalue weighted by Crippen LogP contribution is 2.19. The Kier molecular flexibility index (Phi) is 5.55. The maximum absolute atomic E-state index is 14.3. The Labute approximate surface area is 184 Å². The summed E-state index contributed by atoms with van der Waals surface area (Å²) in [6, 6.07) is 13.8. The molecule has 0 aliphatic rings. The number of aromatic nitrogens is 4. The van der Waals surface area contributed by atoms with Crippen molar-refractivity contribution in [1.82, 2.24) is 18.7 Å². The van der Waals surface area contributed by atoms with Gasteiger partial charge in [0.05, 0.1) is 12.8 Å². The molecule has 0 aliphatic carbocycles. The van der Waals surface area contributed by atoms with Crippen molar-refractivity contribution in [2.45, 2.75) is 6.54 Å². The molecule has 4 aromatic rings. The molecule has 0 fully saturated rings. The Bertz CT molecular complexity index is 1420. The highest BCUT2D eigenvalue weighted by atomic mass is 79.9. The molecule has 0 aliphatic heterocycles. The zero-order chi connectivity index (χ0) is 22.1. The quantitative estimate of drug-likeness (QED) is 0.348. The fourth-order valence-corrected chi connectivity index (χ4v) is 3.46. The van der Waals surface area contributed by atoms with E-state index in [1.165, 1.54) is 29.3 Å². The number of rotatable bonds is 5. The molecular weight excluding hydrogens is 467 g/mol. The number of hydrogen-bond acceptors (Lipinski definition) is 5. The largest absolute Gasteiger partial charge is 0.332 e. The van der Waals surface area contributed by atoms with Gasteiger partial charge < -0.3 is 0 Å². The molecule has 0 saturated carbocycles. The van der Waals surface area contributed by atoms with E-state index >= 15 is 0 Å². The standard InChI is InChI=1S/C21H18BrFN6O2/c1-27-18-17(19(30)28(2)21(27)31)29(12-14-5-3-4-6-16(14)23)20(25-18)26-24-11-13-7-9-15(22)10-8-13/h3-11H,12H2,1-2H3,(H,25,26). The van der Waals surface area contributed by atoms with Gasteiger partial charge in [-0.2, -0.15) is 10.1 Å². The summed E-state index contributed by atoms with van der Waals surface area (Å²) < 4.78 is 19.1. The maximum atomic E-state index is 14.3. The molecule has 1 N–H and O–H groups in total. The van der Waals surface area contributed by atoms with Crippen molar-refractivity contribution < 1.29 is 4.39 Å². The van der Waals surface area contributed by atoms with Crippen molar-refractivity contribution in [1.29, 1.82) is 0 Å². The summed E-state index contributed by atoms with van der Waals surface area (Å²) in [7, 11) is 2.92. The van der Waals surface area contributed by atoms with Gasteiger partial charge in [-0.3, -0.25) is 18.5 Å². The number of halogens is 2. The van der Waals surface area contributed by atoms with E-state index in [0.717, 1.165) is 14.6 Å². The fraction of sp³-hybridized carbons (Fsp3) is 0.143. The first kappa shape index (κ1) is 20.7. The van der Waals surface area contributed by atoms with Crippen molar-refractivity contribution in [2.75, 3.05) is 5.43 Å². The van der Waals surface area contributed by atoms with Crippen LogP contribution < -0.4 is 16.7 Å². The van der Waals surface area contributed by atoms with Crippen LogP contribution in [0.3, 0.4) is 0 Å². The van der Waals surface area contributed by atoms with E-state index in [9.17, 15) is 14.0 Å². The maximum Gasteiger partial charge on any atom is 0.332 e. The van der Waals surface area contributed by atoms with E-state index in [2.05, 4.69) is 31.4 Å². The van der Waals surface area contributed by atoms with Crippen LogP contribution in [0.4, 0.5) is 10.3 Å². The van der Waals surface area contributed by atoms with Crippen molar-refractivity contribution in [3.05, 3.63) is 90.8 Å². The first-order chi connectivity index (χ1) is 14.9. The minimum Gasteiger partial charge on any atom is -0.298 e. The molecule has 2 aromatic heterocycles. The predicted octanol–water partition coefficient (Wildman–Crippen LogP) is 2.83. The Hall–Kier alpha value is -3.53. The van der Waals surface area contributed by atoms with Crippen LogP contribution in [0, 0.1) is 5.82 Å². The van der Waals surface area contributed by atoms with Gasteiger partial charge in [-0.25, -0.2) is 14.6 Å². The molecule has 0 unspecified atom stereocenters. The van der Waals surface area contributed by atoms with Gasteiger partial charge in [-0.05, 0) is 23.8 Å². The van der Waals surface area contributed by atoms with Crippen LogP contribution in [0.15, 0.2) is 67.7 Å². The summed E-state index contributed by atoms with van der Waals surface area (Å²) in [5.41, 5.74) is 3.38. The third kappa shape index (κ3) is 3.93. The lowest BCUT2D eigenvalue weighted by Gasteiger charge is -2.10. The second kappa shape index (κ2) is 8.31. The smallest absolute Gasteiger partial charge is 0.298 e. The summed E-state index contributed by atoms with van der Waals surface area (Å²) in [5.74, 6) is -0.194. The Balaban J connectivity index is 1.83. The minimum atomic E-state index is -0.521. The molecule has 0 bridgehead atoms. The number of hydrazone groups is 1. The molecule has 4 rings (SSSR count). The van der Waals surface area contributed by atoms with Gasteiger partial charge in [0.25, 0.3) is 5.56 Å². The van der Waals surface area contributed by atoms with Crippen LogP contribution >= 0.6 is 15.9 Å². The third-order valence-electron chi connectivity index (χ3n) is 4.88. The van der Waals surface area contributed by atoms with Crippen molar-refractivity contribution in [3.8, 4) is 0 Å². The number of nitrogens with zero attached hydrogens (tertiary/aromatic N) is 5. The van der Waals surface area contributed by atoms with Crippen LogP contribution in [0.5, 0.6) is 0 Å². The molecule has 10 heteroatoms. The highest BCUT2D eigenvalue weighted by molar-refractivity contribution is 9.10. The minimum absolute atomic E-state index is 0.0345. The topological polar surface area (TPSA) is 86.2 Å². The van der Waals surface area contributed by atoms with Gasteiger partial charge in [-0.1, -0.05) is 46.3 Å². The SMILES string of the molecule is Cn1c(=O)c2c(nc(NN=Cc3ccc(Br)cc3)n2Cc2ccccc2F)n(C)c1=O. The van der Waals surface area contributed by atoms with E-state index in [1.54, 1.807) is 24.4 Å². The average Bonchev–Trinajstić information content (AvgIpc) is 3.12. The second-order valence-electron chi connectivity index (χ2n) is 6.91. The number of fused-ring (bicyclic) bond motifs is 1. The molecule has 8 nitrogen and oxygen atoms in total. The van der Waals surface area contributed by atoms with Crippen LogP contribution in [-0.2, 0) is 20.6 Å². The van der Waals surface area contributed by atoms with Crippen molar-refractivity contribution in [3.63, 3.8) is 0 Å². The predicted molar refractivity (Wildman–Crippen MR) is 121 cm³/mol. The highest BCUT2D eigenvalue weighted by Gasteiger charge is 2.20. The van der Waals surface area contributed by atoms with Gasteiger partial charge in [0.1, 0.15) is 5.82 Å². The van der Waals surface area contributed by atoms with Crippen molar-refractivity contribution >= 4 is 39.3 Å². The Morgan fingerprint density at radius 1 is 1.10 bits per heavy atom. The summed E-state index contributed by atoms with van der Waals surface area (Å²) >= 11 is 3.38. The molecular formula is C21H18BrFN6O2. The third-order valence-corrected chi connectivity index (χ3v) is 5.41. The summed E-state index contributed by atoms with van der Waals surface area (Å²) in [4.78, 5) is 29.6. The number of anilines is 1. The number of benzene rings is 2. The molecule has 0 amide bonds. The summed E-state index contributed by atoms with van der Waals surface area (Å²) in [5, 5.41) is 4.20. The molecule has 0 saturated heterocycles. The Morgan fingerprint density at radius 2 is 1.81 bits per heavy atom.